The van der Waals surface area contributed by atoms with Crippen LogP contribution in [0.2, 0.25) is 0 Å². The summed E-state index contributed by atoms with van der Waals surface area (Å²) in [5, 5.41) is 0. The third kappa shape index (κ3) is 215. The fourth-order valence-electron chi connectivity index (χ4n) is 0. The van der Waals surface area contributed by atoms with E-state index >= 15 is 0 Å². The predicted molar refractivity (Wildman–Crippen MR) is 11.4 cm³/mol. The molecule has 0 atom stereocenters. The molecule has 0 aromatic rings. The first-order valence-electron chi connectivity index (χ1n) is 0.732. The Labute approximate surface area is 41.7 Å². The second kappa shape index (κ2) is 33.2. The topological polar surface area (TPSA) is 0 Å². The monoisotopic (exact) mass is 140 g/mol. The van der Waals surface area contributed by atoms with E-state index in [1.807, 2.05) is 0 Å². The van der Waals surface area contributed by atoms with Gasteiger partial charge in [-0.2, -0.15) is 8.78 Å². The quantitative estimate of drug-likeness (QED) is 0.293. The molecule has 0 fully saturated rings. The molecule has 0 nitrogen and oxygen atoms in total. The minimum atomic E-state index is -1.83. The molecule has 6 heteroatoms. The fraction of sp³-hybridized carbons (Fsp3) is 0. The van der Waals surface area contributed by atoms with Gasteiger partial charge in [-0.05, 0) is 6.58 Å². The summed E-state index contributed by atoms with van der Waals surface area (Å²) in [7, 11) is 0. The molecule has 0 saturated carbocycles. The zero-order valence-electron chi connectivity index (χ0n) is 3.47. The van der Waals surface area contributed by atoms with Gasteiger partial charge >= 0.3 is 0 Å². The van der Waals surface area contributed by atoms with Crippen LogP contribution in [0.4, 0.5) is 8.78 Å². The summed E-state index contributed by atoms with van der Waals surface area (Å²) in [5.41, 5.74) is 0. The normalized spacial score (nSPS) is 3.25. The summed E-state index contributed by atoms with van der Waals surface area (Å²) in [6.45, 7) is 2.22. The van der Waals surface area contributed by atoms with Crippen molar-refractivity contribution in [1.29, 1.82) is 0 Å². The van der Waals surface area contributed by atoms with E-state index in [0.29, 0.717) is 0 Å². The lowest BCUT2D eigenvalue weighted by Crippen LogP contribution is -3.00. The van der Waals surface area contributed by atoms with Crippen LogP contribution >= 0.6 is 0 Å². The largest absolute Gasteiger partial charge is 1.00 e. The third-order valence-corrected chi connectivity index (χ3v) is 0. The van der Waals surface area contributed by atoms with Gasteiger partial charge in [0.05, 0.1) is 0 Å². The van der Waals surface area contributed by atoms with Crippen molar-refractivity contribution < 1.29 is 27.6 Å². The highest BCUT2D eigenvalue weighted by Gasteiger charge is 1.65. The lowest BCUT2D eigenvalue weighted by molar-refractivity contribution is -0.00100. The molecule has 0 saturated heterocycles. The van der Waals surface area contributed by atoms with Gasteiger partial charge in [0.15, 0.2) is 0 Å². The van der Waals surface area contributed by atoms with E-state index in [4.69, 9.17) is 0 Å². The second-order valence-corrected chi connectivity index (χ2v) is 0.339. The van der Waals surface area contributed by atoms with Crippen LogP contribution in [0, 0.1) is 0 Å². The molecule has 0 aromatic carbocycles. The van der Waals surface area contributed by atoms with Gasteiger partial charge in [0.1, 0.15) is 0 Å². The van der Waals surface area contributed by atoms with Gasteiger partial charge in [-0.3, -0.25) is 0 Å². The fourth-order valence-corrected chi connectivity index (χ4v) is 0. The molecule has 0 amide bonds. The van der Waals surface area contributed by atoms with Gasteiger partial charge in [0, 0.05) is 0 Å². The molecule has 0 aromatic heterocycles. The molecular formula is C2H2F6-4. The Morgan fingerprint density at radius 2 is 0.875 bits per heavy atom. The molecule has 0 rings (SSSR count). The first-order chi connectivity index (χ1) is 1.73. The lowest BCUT2D eigenvalue weighted by Gasteiger charge is -1.54. The van der Waals surface area contributed by atoms with Crippen LogP contribution in [0.1, 0.15) is 0 Å². The van der Waals surface area contributed by atoms with Gasteiger partial charge in [0.25, 0.3) is 6.08 Å². The molecule has 0 spiro atoms. The second-order valence-electron chi connectivity index (χ2n) is 0.339. The lowest BCUT2D eigenvalue weighted by atomic mass is 11.2. The maximum atomic E-state index is 10.1. The smallest absolute Gasteiger partial charge is 0.263 e. The Morgan fingerprint density at radius 3 is 0.875 bits per heavy atom. The van der Waals surface area contributed by atoms with E-state index in [0.717, 1.165) is 0 Å². The van der Waals surface area contributed by atoms with Gasteiger partial charge in [-0.15, -0.1) is 0 Å². The molecule has 56 valence electrons. The number of halogens is 6. The Bertz CT molecular complexity index is 29.5. The standard InChI is InChI=1S/C2H2F2.4FH/c1-2(3)4;;;;/h1H2;4*1H/p-4. The van der Waals surface area contributed by atoms with Crippen LogP contribution in [0.25, 0.3) is 0 Å². The highest BCUT2D eigenvalue weighted by atomic mass is 19.3. The first kappa shape index (κ1) is 54.3. The van der Waals surface area contributed by atoms with Crippen molar-refractivity contribution in [2.45, 2.75) is 0 Å². The van der Waals surface area contributed by atoms with E-state index in [1.165, 1.54) is 0 Å². The summed E-state index contributed by atoms with van der Waals surface area (Å²) in [6, 6.07) is 0. The van der Waals surface area contributed by atoms with Gasteiger partial charge < -0.3 is 18.8 Å². The van der Waals surface area contributed by atoms with Gasteiger partial charge in [-0.1, -0.05) is 0 Å². The number of hydrogen-bond acceptors (Lipinski definition) is 0. The molecule has 0 heterocycles. The SMILES string of the molecule is C=C(F)F.[F-].[F-].[F-].[F-]. The van der Waals surface area contributed by atoms with Crippen LogP contribution < -0.4 is 18.8 Å². The molecular weight excluding hydrogens is 138 g/mol. The van der Waals surface area contributed by atoms with E-state index in [-0.39, 0.29) is 18.8 Å². The van der Waals surface area contributed by atoms with E-state index in [2.05, 4.69) is 6.58 Å². The van der Waals surface area contributed by atoms with Crippen molar-refractivity contribution >= 4 is 0 Å². The van der Waals surface area contributed by atoms with Gasteiger partial charge in [-0.25, -0.2) is 0 Å². The summed E-state index contributed by atoms with van der Waals surface area (Å²) in [5.74, 6) is 0. The van der Waals surface area contributed by atoms with E-state index < -0.39 is 6.08 Å². The zero-order valence-corrected chi connectivity index (χ0v) is 3.47. The summed E-state index contributed by atoms with van der Waals surface area (Å²) in [4.78, 5) is 0. The summed E-state index contributed by atoms with van der Waals surface area (Å²) >= 11 is 0. The van der Waals surface area contributed by atoms with Crippen molar-refractivity contribution in [3.05, 3.63) is 12.7 Å². The minimum Gasteiger partial charge on any atom is -1.00 e. The maximum Gasteiger partial charge on any atom is 0.263 e. The Hall–Kier alpha value is -0.680. The van der Waals surface area contributed by atoms with Crippen LogP contribution in [-0.4, -0.2) is 0 Å². The van der Waals surface area contributed by atoms with Crippen LogP contribution in [-0.2, 0) is 0 Å². The average molecular weight is 140 g/mol. The molecule has 0 aliphatic heterocycles. The average Bonchev–Trinajstić information content (AvgIpc) is 0.811. The number of hydrogen-bond donors (Lipinski definition) is 0. The van der Waals surface area contributed by atoms with E-state index in [9.17, 15) is 8.78 Å². The maximum absolute atomic E-state index is 10.1. The van der Waals surface area contributed by atoms with Crippen molar-refractivity contribution in [2.24, 2.45) is 0 Å². The minimum absolute atomic E-state index is 0. The van der Waals surface area contributed by atoms with E-state index in [1.54, 1.807) is 0 Å². The van der Waals surface area contributed by atoms with Crippen LogP contribution in [0.3, 0.4) is 0 Å². The molecule has 8 heavy (non-hydrogen) atoms. The summed E-state index contributed by atoms with van der Waals surface area (Å²) in [6.07, 6.45) is -1.83. The van der Waals surface area contributed by atoms with Crippen LogP contribution in [0.15, 0.2) is 12.7 Å². The van der Waals surface area contributed by atoms with Crippen molar-refractivity contribution in [3.63, 3.8) is 0 Å². The highest BCUT2D eigenvalue weighted by molar-refractivity contribution is 4.57. The van der Waals surface area contributed by atoms with Crippen molar-refractivity contribution in [3.8, 4) is 0 Å². The Kier molecular flexibility index (Phi) is 226. The molecule has 0 unspecified atom stereocenters. The highest BCUT2D eigenvalue weighted by Crippen LogP contribution is 1.85. The van der Waals surface area contributed by atoms with Crippen molar-refractivity contribution in [2.75, 3.05) is 0 Å². The predicted octanol–water partition coefficient (Wildman–Crippen LogP) is -10.6. The molecule has 0 bridgehead atoms. The molecule has 0 aliphatic rings. The van der Waals surface area contributed by atoms with Gasteiger partial charge in [0.2, 0.25) is 0 Å². The third-order valence-electron chi connectivity index (χ3n) is 0. The Morgan fingerprint density at radius 1 is 0.875 bits per heavy atom. The van der Waals surface area contributed by atoms with Crippen molar-refractivity contribution in [1.82, 2.24) is 0 Å². The van der Waals surface area contributed by atoms with Crippen LogP contribution in [0.5, 0.6) is 0 Å². The number of rotatable bonds is 0. The molecule has 0 aliphatic carbocycles. The molecule has 0 radical (unpaired) electrons. The summed E-state index contributed by atoms with van der Waals surface area (Å²) < 4.78 is 20.3. The molecule has 0 N–H and O–H groups in total. The zero-order chi connectivity index (χ0) is 3.58. The Balaban J connectivity index is -0.00000000750. The first-order valence-corrected chi connectivity index (χ1v) is 0.732.